The first-order valence-electron chi connectivity index (χ1n) is 8.32. The normalized spacial score (nSPS) is 14.4. The van der Waals surface area contributed by atoms with Gasteiger partial charge in [0.2, 0.25) is 6.23 Å². The lowest BCUT2D eigenvalue weighted by Crippen LogP contribution is -2.09. The van der Waals surface area contributed by atoms with Gasteiger partial charge in [0, 0.05) is 42.6 Å². The van der Waals surface area contributed by atoms with E-state index in [2.05, 4.69) is 9.98 Å². The summed E-state index contributed by atoms with van der Waals surface area (Å²) in [5.74, 6) is -1.12. The minimum Gasteiger partial charge on any atom is -0.481 e. The van der Waals surface area contributed by atoms with Crippen molar-refractivity contribution < 1.29 is 24.3 Å². The number of rotatable bonds is 2. The van der Waals surface area contributed by atoms with Gasteiger partial charge >= 0.3 is 0 Å². The fourth-order valence-corrected chi connectivity index (χ4v) is 2.86. The second-order valence-corrected chi connectivity index (χ2v) is 5.96. The van der Waals surface area contributed by atoms with Crippen LogP contribution in [0.4, 0.5) is 10.1 Å². The number of fused-ring (bicyclic) bond motifs is 3. The number of aliphatic imine (C=N–C) groups is 1. The Balaban J connectivity index is 0.000000552. The number of imidazole rings is 1. The van der Waals surface area contributed by atoms with Crippen molar-refractivity contribution in [3.05, 3.63) is 87.7 Å². The summed E-state index contributed by atoms with van der Waals surface area (Å²) in [6.07, 6.45) is 1.78. The first-order valence-corrected chi connectivity index (χ1v) is 8.32. The summed E-state index contributed by atoms with van der Waals surface area (Å²) < 4.78 is 15.9. The molecule has 0 spiro atoms. The van der Waals surface area contributed by atoms with Crippen molar-refractivity contribution >= 4 is 17.4 Å². The predicted octanol–water partition coefficient (Wildman–Crippen LogP) is 2.85. The van der Waals surface area contributed by atoms with Crippen LogP contribution in [-0.2, 0) is 4.79 Å². The summed E-state index contributed by atoms with van der Waals surface area (Å²) in [6, 6.07) is 10.1. The van der Waals surface area contributed by atoms with Gasteiger partial charge in [-0.15, -0.1) is 0 Å². The van der Waals surface area contributed by atoms with E-state index in [1.54, 1.807) is 16.8 Å². The van der Waals surface area contributed by atoms with E-state index in [4.69, 9.17) is 9.90 Å². The first-order chi connectivity index (χ1) is 13.8. The number of nitro benzene ring substituents is 1. The number of hydrogen-bond acceptors (Lipinski definition) is 6. The van der Waals surface area contributed by atoms with Crippen molar-refractivity contribution in [2.45, 2.75) is 13.2 Å². The van der Waals surface area contributed by atoms with E-state index < -0.39 is 22.9 Å². The lowest BCUT2D eigenvalue weighted by molar-refractivity contribution is -0.384. The number of carbonyl (C=O) groups is 1. The van der Waals surface area contributed by atoms with Gasteiger partial charge in [0.1, 0.15) is 5.82 Å². The molecule has 0 aliphatic carbocycles. The van der Waals surface area contributed by atoms with E-state index in [0.717, 1.165) is 6.92 Å². The number of benzene rings is 2. The van der Waals surface area contributed by atoms with Gasteiger partial charge in [-0.1, -0.05) is 12.1 Å². The highest BCUT2D eigenvalue weighted by Crippen LogP contribution is 2.31. The molecule has 0 saturated carbocycles. The monoisotopic (exact) mass is 398 g/mol. The summed E-state index contributed by atoms with van der Waals surface area (Å²) in [7, 11) is 0. The molecule has 1 unspecified atom stereocenters. The van der Waals surface area contributed by atoms with Crippen molar-refractivity contribution in [2.75, 3.05) is 0 Å². The van der Waals surface area contributed by atoms with Crippen LogP contribution in [-0.4, -0.2) is 36.4 Å². The minimum atomic E-state index is -1.32. The Labute approximate surface area is 163 Å². The third-order valence-corrected chi connectivity index (χ3v) is 3.99. The summed E-state index contributed by atoms with van der Waals surface area (Å²) >= 11 is 0. The van der Waals surface area contributed by atoms with Crippen LogP contribution in [0.15, 0.2) is 59.9 Å². The number of carboxylic acids is 1. The average Bonchev–Trinajstić information content (AvgIpc) is 3.11. The number of aromatic nitrogens is 2. The van der Waals surface area contributed by atoms with Crippen molar-refractivity contribution in [1.29, 1.82) is 0 Å². The van der Waals surface area contributed by atoms with Gasteiger partial charge in [-0.2, -0.15) is 0 Å². The standard InChI is InChI=1S/C17H11FN4O3.C2H4O2/c18-13-4-2-1-3-11(13)15-12-9-10(22(24)25)5-6-14(12)21-8-7-19-16(21)17(23)20-15;1-2(3)4/h1-9,17,23H;1H3,(H,3,4). The van der Waals surface area contributed by atoms with Crippen molar-refractivity contribution in [2.24, 2.45) is 4.99 Å². The number of nitrogens with zero attached hydrogens (tertiary/aromatic N) is 4. The quantitative estimate of drug-likeness (QED) is 0.504. The zero-order valence-corrected chi connectivity index (χ0v) is 15.1. The van der Waals surface area contributed by atoms with Crippen molar-refractivity contribution in [3.8, 4) is 5.69 Å². The number of carboxylic acid groups (broad SMARTS) is 1. The van der Waals surface area contributed by atoms with Gasteiger partial charge in [-0.3, -0.25) is 19.5 Å². The van der Waals surface area contributed by atoms with Gasteiger partial charge < -0.3 is 10.2 Å². The number of halogens is 1. The van der Waals surface area contributed by atoms with Gasteiger partial charge in [0.25, 0.3) is 11.7 Å². The maximum atomic E-state index is 14.3. The van der Waals surface area contributed by atoms with Crippen molar-refractivity contribution in [1.82, 2.24) is 9.55 Å². The smallest absolute Gasteiger partial charge is 0.300 e. The predicted molar refractivity (Wildman–Crippen MR) is 101 cm³/mol. The van der Waals surface area contributed by atoms with E-state index in [1.807, 2.05) is 0 Å². The highest BCUT2D eigenvalue weighted by atomic mass is 19.1. The minimum absolute atomic E-state index is 0.134. The van der Waals surface area contributed by atoms with E-state index in [-0.39, 0.29) is 22.8 Å². The zero-order chi connectivity index (χ0) is 21.1. The maximum Gasteiger partial charge on any atom is 0.300 e. The molecule has 1 aromatic heterocycles. The highest BCUT2D eigenvalue weighted by Gasteiger charge is 2.27. The Hall–Kier alpha value is -3.92. The molecule has 0 amide bonds. The molecule has 0 fully saturated rings. The molecule has 3 aromatic rings. The SMILES string of the molecule is CC(=O)O.O=[N+]([O-])c1ccc2c(c1)C(c1ccccc1F)=NC(O)c1nccn1-2. The molecule has 1 aliphatic rings. The molecule has 4 rings (SSSR count). The molecule has 0 saturated heterocycles. The number of non-ortho nitro benzene ring substituents is 1. The van der Waals surface area contributed by atoms with Crippen LogP contribution < -0.4 is 0 Å². The van der Waals surface area contributed by atoms with Crippen LogP contribution in [0.25, 0.3) is 5.69 Å². The van der Waals surface area contributed by atoms with E-state index in [1.165, 1.54) is 42.6 Å². The molecule has 148 valence electrons. The molecule has 10 heteroatoms. The number of nitro groups is 1. The Morgan fingerprint density at radius 3 is 2.59 bits per heavy atom. The Morgan fingerprint density at radius 1 is 1.24 bits per heavy atom. The van der Waals surface area contributed by atoms with E-state index in [9.17, 15) is 19.6 Å². The van der Waals surface area contributed by atoms with Crippen LogP contribution in [0, 0.1) is 15.9 Å². The Bertz CT molecular complexity index is 1120. The van der Waals surface area contributed by atoms with Crippen LogP contribution in [0.2, 0.25) is 0 Å². The van der Waals surface area contributed by atoms with Crippen LogP contribution in [0.1, 0.15) is 30.1 Å². The second-order valence-electron chi connectivity index (χ2n) is 5.96. The third-order valence-electron chi connectivity index (χ3n) is 3.99. The largest absolute Gasteiger partial charge is 0.481 e. The summed E-state index contributed by atoms with van der Waals surface area (Å²) in [5, 5.41) is 29.0. The molecule has 29 heavy (non-hydrogen) atoms. The van der Waals surface area contributed by atoms with E-state index >= 15 is 0 Å². The summed E-state index contributed by atoms with van der Waals surface area (Å²) in [4.78, 5) is 27.9. The molecule has 2 heterocycles. The maximum absolute atomic E-state index is 14.3. The Kier molecular flexibility index (Phi) is 5.46. The number of aliphatic hydroxyl groups excluding tert-OH is 1. The van der Waals surface area contributed by atoms with Gasteiger partial charge in [0.05, 0.1) is 16.3 Å². The molecule has 2 N–H and O–H groups in total. The molecular weight excluding hydrogens is 383 g/mol. The molecule has 2 aromatic carbocycles. The molecular formula is C19H15FN4O5. The lowest BCUT2D eigenvalue weighted by atomic mass is 9.99. The molecule has 0 bridgehead atoms. The molecule has 0 radical (unpaired) electrons. The molecule has 9 nitrogen and oxygen atoms in total. The summed E-state index contributed by atoms with van der Waals surface area (Å²) in [5.41, 5.74) is 0.997. The second kappa shape index (κ2) is 7.98. The van der Waals surface area contributed by atoms with Crippen LogP contribution in [0.5, 0.6) is 0 Å². The van der Waals surface area contributed by atoms with Crippen LogP contribution >= 0.6 is 0 Å². The fraction of sp³-hybridized carbons (Fsp3) is 0.105. The van der Waals surface area contributed by atoms with Crippen molar-refractivity contribution in [3.63, 3.8) is 0 Å². The zero-order valence-electron chi connectivity index (χ0n) is 15.1. The number of aliphatic carboxylic acids is 1. The fourth-order valence-electron chi connectivity index (χ4n) is 2.86. The first kappa shape index (κ1) is 19.8. The Morgan fingerprint density at radius 2 is 1.93 bits per heavy atom. The highest BCUT2D eigenvalue weighted by molar-refractivity contribution is 6.15. The lowest BCUT2D eigenvalue weighted by Gasteiger charge is -2.11. The van der Waals surface area contributed by atoms with Crippen LogP contribution in [0.3, 0.4) is 0 Å². The number of aliphatic hydroxyl groups is 1. The summed E-state index contributed by atoms with van der Waals surface area (Å²) in [6.45, 7) is 1.08. The molecule has 1 aliphatic heterocycles. The third kappa shape index (κ3) is 4.01. The average molecular weight is 398 g/mol. The van der Waals surface area contributed by atoms with Gasteiger partial charge in [-0.25, -0.2) is 14.4 Å². The topological polar surface area (TPSA) is 131 Å². The molecule has 1 atom stereocenters. The van der Waals surface area contributed by atoms with Gasteiger partial charge in [-0.05, 0) is 18.2 Å². The number of hydrogen-bond donors (Lipinski definition) is 2. The van der Waals surface area contributed by atoms with Gasteiger partial charge in [0.15, 0.2) is 5.82 Å². The van der Waals surface area contributed by atoms with E-state index in [0.29, 0.717) is 11.3 Å².